The van der Waals surface area contributed by atoms with Crippen molar-refractivity contribution in [1.29, 1.82) is 0 Å². The first-order valence-electron chi connectivity index (χ1n) is 5.72. The fraction of sp³-hybridized carbons (Fsp3) is 0.500. The minimum absolute atomic E-state index is 0.0250. The predicted octanol–water partition coefficient (Wildman–Crippen LogP) is 1.59. The van der Waals surface area contributed by atoms with E-state index in [9.17, 15) is 9.59 Å². The SMILES string of the molecule is Cc1cc(Br)cn(CCC(=O)NC2CC2)c1=O. The highest BCUT2D eigenvalue weighted by atomic mass is 79.9. The second-order valence-electron chi connectivity index (χ2n) is 4.43. The van der Waals surface area contributed by atoms with Gasteiger partial charge in [0.2, 0.25) is 5.91 Å². The molecule has 0 radical (unpaired) electrons. The summed E-state index contributed by atoms with van der Waals surface area (Å²) in [4.78, 5) is 23.3. The molecule has 1 aliphatic rings. The molecule has 1 fully saturated rings. The zero-order valence-corrected chi connectivity index (χ0v) is 11.3. The Labute approximate surface area is 108 Å². The monoisotopic (exact) mass is 298 g/mol. The summed E-state index contributed by atoms with van der Waals surface area (Å²) in [6.45, 7) is 2.20. The molecule has 1 aromatic heterocycles. The van der Waals surface area contributed by atoms with Crippen molar-refractivity contribution in [1.82, 2.24) is 9.88 Å². The smallest absolute Gasteiger partial charge is 0.253 e. The van der Waals surface area contributed by atoms with E-state index in [0.29, 0.717) is 24.6 Å². The van der Waals surface area contributed by atoms with Crippen molar-refractivity contribution in [3.8, 4) is 0 Å². The van der Waals surface area contributed by atoms with E-state index in [4.69, 9.17) is 0 Å². The van der Waals surface area contributed by atoms with Gasteiger partial charge in [-0.15, -0.1) is 0 Å². The van der Waals surface area contributed by atoms with Gasteiger partial charge in [-0.1, -0.05) is 0 Å². The lowest BCUT2D eigenvalue weighted by Crippen LogP contribution is -2.29. The number of hydrogen-bond acceptors (Lipinski definition) is 2. The Morgan fingerprint density at radius 1 is 1.59 bits per heavy atom. The maximum absolute atomic E-state index is 11.8. The molecule has 0 unspecified atom stereocenters. The number of hydrogen-bond donors (Lipinski definition) is 1. The lowest BCUT2D eigenvalue weighted by Gasteiger charge is -2.08. The summed E-state index contributed by atoms with van der Waals surface area (Å²) in [5.41, 5.74) is 0.648. The highest BCUT2D eigenvalue weighted by molar-refractivity contribution is 9.10. The number of halogens is 1. The van der Waals surface area contributed by atoms with Gasteiger partial charge < -0.3 is 9.88 Å². The Morgan fingerprint density at radius 2 is 2.29 bits per heavy atom. The fourth-order valence-electron chi connectivity index (χ4n) is 1.66. The van der Waals surface area contributed by atoms with Crippen molar-refractivity contribution in [2.45, 2.75) is 38.8 Å². The molecule has 1 saturated carbocycles. The van der Waals surface area contributed by atoms with E-state index < -0.39 is 0 Å². The van der Waals surface area contributed by atoms with Gasteiger partial charge in [-0.3, -0.25) is 9.59 Å². The topological polar surface area (TPSA) is 51.1 Å². The van der Waals surface area contributed by atoms with Crippen LogP contribution in [-0.4, -0.2) is 16.5 Å². The Kier molecular flexibility index (Phi) is 3.66. The summed E-state index contributed by atoms with van der Waals surface area (Å²) in [6.07, 6.45) is 4.25. The zero-order chi connectivity index (χ0) is 12.4. The normalized spacial score (nSPS) is 14.7. The number of nitrogens with one attached hydrogen (secondary N) is 1. The highest BCUT2D eigenvalue weighted by Crippen LogP contribution is 2.18. The van der Waals surface area contributed by atoms with Crippen LogP contribution in [0.2, 0.25) is 0 Å². The van der Waals surface area contributed by atoms with Crippen molar-refractivity contribution < 1.29 is 4.79 Å². The summed E-state index contributed by atoms with van der Waals surface area (Å²) in [5, 5.41) is 2.91. The van der Waals surface area contributed by atoms with Crippen molar-refractivity contribution in [2.24, 2.45) is 0 Å². The van der Waals surface area contributed by atoms with E-state index in [1.165, 1.54) is 0 Å². The second kappa shape index (κ2) is 5.04. The van der Waals surface area contributed by atoms with Crippen LogP contribution in [0.4, 0.5) is 0 Å². The standard InChI is InChI=1S/C12H15BrN2O2/c1-8-6-9(13)7-15(12(8)17)5-4-11(16)14-10-2-3-10/h6-7,10H,2-5H2,1H3,(H,14,16). The lowest BCUT2D eigenvalue weighted by atomic mass is 10.3. The summed E-state index contributed by atoms with van der Waals surface area (Å²) >= 11 is 3.34. The molecular formula is C12H15BrN2O2. The number of nitrogens with zero attached hydrogens (tertiary/aromatic N) is 1. The largest absolute Gasteiger partial charge is 0.353 e. The molecule has 2 rings (SSSR count). The number of amides is 1. The molecule has 0 aromatic carbocycles. The number of aryl methyl sites for hydroxylation is 2. The third-order valence-corrected chi connectivity index (χ3v) is 3.19. The van der Waals surface area contributed by atoms with Crippen LogP contribution in [0, 0.1) is 6.92 Å². The van der Waals surface area contributed by atoms with Gasteiger partial charge in [-0.2, -0.15) is 0 Å². The number of aromatic nitrogens is 1. The molecule has 1 N–H and O–H groups in total. The van der Waals surface area contributed by atoms with Crippen LogP contribution in [0.5, 0.6) is 0 Å². The van der Waals surface area contributed by atoms with E-state index in [1.54, 1.807) is 23.8 Å². The minimum Gasteiger partial charge on any atom is -0.353 e. The Bertz CT molecular complexity index is 492. The van der Waals surface area contributed by atoms with Gasteiger partial charge in [0, 0.05) is 35.2 Å². The molecule has 0 saturated heterocycles. The molecule has 4 nitrogen and oxygen atoms in total. The maximum atomic E-state index is 11.8. The Morgan fingerprint density at radius 3 is 2.94 bits per heavy atom. The number of carbonyl (C=O) groups excluding carboxylic acids is 1. The van der Waals surface area contributed by atoms with Gasteiger partial charge in [0.05, 0.1) is 0 Å². The molecule has 1 aromatic rings. The van der Waals surface area contributed by atoms with Crippen LogP contribution < -0.4 is 10.9 Å². The van der Waals surface area contributed by atoms with Gasteiger partial charge in [-0.05, 0) is 41.8 Å². The predicted molar refractivity (Wildman–Crippen MR) is 68.9 cm³/mol. The Balaban J connectivity index is 1.98. The van der Waals surface area contributed by atoms with E-state index in [-0.39, 0.29) is 11.5 Å². The second-order valence-corrected chi connectivity index (χ2v) is 5.35. The van der Waals surface area contributed by atoms with Crippen molar-refractivity contribution >= 4 is 21.8 Å². The molecule has 0 atom stereocenters. The Hall–Kier alpha value is -1.10. The van der Waals surface area contributed by atoms with Gasteiger partial charge in [0.1, 0.15) is 0 Å². The molecule has 1 amide bonds. The van der Waals surface area contributed by atoms with Crippen LogP contribution in [-0.2, 0) is 11.3 Å². The minimum atomic E-state index is -0.0348. The lowest BCUT2D eigenvalue weighted by molar-refractivity contribution is -0.121. The summed E-state index contributed by atoms with van der Waals surface area (Å²) in [7, 11) is 0. The van der Waals surface area contributed by atoms with Crippen LogP contribution in [0.1, 0.15) is 24.8 Å². The summed E-state index contributed by atoms with van der Waals surface area (Å²) in [6, 6.07) is 2.16. The molecule has 0 bridgehead atoms. The van der Waals surface area contributed by atoms with Crippen molar-refractivity contribution in [3.63, 3.8) is 0 Å². The molecular weight excluding hydrogens is 284 g/mol. The summed E-state index contributed by atoms with van der Waals surface area (Å²) < 4.78 is 2.43. The maximum Gasteiger partial charge on any atom is 0.253 e. The van der Waals surface area contributed by atoms with Gasteiger partial charge >= 0.3 is 0 Å². The van der Waals surface area contributed by atoms with Crippen LogP contribution in [0.15, 0.2) is 21.5 Å². The molecule has 5 heteroatoms. The molecule has 0 spiro atoms. The molecule has 1 heterocycles. The number of rotatable bonds is 4. The average Bonchev–Trinajstić information content (AvgIpc) is 3.05. The third kappa shape index (κ3) is 3.43. The van der Waals surface area contributed by atoms with Gasteiger partial charge in [0.25, 0.3) is 5.56 Å². The third-order valence-electron chi connectivity index (χ3n) is 2.75. The first kappa shape index (κ1) is 12.4. The quantitative estimate of drug-likeness (QED) is 0.918. The molecule has 0 aliphatic heterocycles. The number of pyridine rings is 1. The molecule has 17 heavy (non-hydrogen) atoms. The summed E-state index contributed by atoms with van der Waals surface area (Å²) in [5.74, 6) is 0.0250. The van der Waals surface area contributed by atoms with Crippen LogP contribution in [0.3, 0.4) is 0 Å². The first-order chi connectivity index (χ1) is 8.06. The highest BCUT2D eigenvalue weighted by Gasteiger charge is 2.22. The van der Waals surface area contributed by atoms with E-state index in [2.05, 4.69) is 21.2 Å². The van der Waals surface area contributed by atoms with E-state index in [0.717, 1.165) is 17.3 Å². The number of carbonyl (C=O) groups is 1. The van der Waals surface area contributed by atoms with Crippen LogP contribution >= 0.6 is 15.9 Å². The van der Waals surface area contributed by atoms with Crippen molar-refractivity contribution in [2.75, 3.05) is 0 Å². The first-order valence-corrected chi connectivity index (χ1v) is 6.51. The van der Waals surface area contributed by atoms with E-state index in [1.807, 2.05) is 0 Å². The zero-order valence-electron chi connectivity index (χ0n) is 9.70. The molecule has 92 valence electrons. The van der Waals surface area contributed by atoms with E-state index >= 15 is 0 Å². The van der Waals surface area contributed by atoms with Gasteiger partial charge in [-0.25, -0.2) is 0 Å². The van der Waals surface area contributed by atoms with Crippen LogP contribution in [0.25, 0.3) is 0 Å². The van der Waals surface area contributed by atoms with Gasteiger partial charge in [0.15, 0.2) is 0 Å². The average molecular weight is 299 g/mol. The van der Waals surface area contributed by atoms with Crippen molar-refractivity contribution in [3.05, 3.63) is 32.7 Å². The fourth-order valence-corrected chi connectivity index (χ4v) is 2.25. The molecule has 1 aliphatic carbocycles.